The van der Waals surface area contributed by atoms with Crippen molar-refractivity contribution in [3.8, 4) is 0 Å². The molecule has 0 aliphatic heterocycles. The first-order valence-corrected chi connectivity index (χ1v) is 11.3. The van der Waals surface area contributed by atoms with Crippen LogP contribution in [0.3, 0.4) is 0 Å². The normalized spacial score (nSPS) is 11.5. The van der Waals surface area contributed by atoms with Gasteiger partial charge in [-0.05, 0) is 36.6 Å². The molecule has 0 spiro atoms. The van der Waals surface area contributed by atoms with Gasteiger partial charge in [-0.3, -0.25) is 9.59 Å². The fourth-order valence-electron chi connectivity index (χ4n) is 2.68. The van der Waals surface area contributed by atoms with Gasteiger partial charge in [0.15, 0.2) is 6.61 Å². The van der Waals surface area contributed by atoms with E-state index >= 15 is 0 Å². The highest BCUT2D eigenvalue weighted by Crippen LogP contribution is 2.15. The fraction of sp³-hybridized carbons (Fsp3) is 0.318. The highest BCUT2D eigenvalue weighted by Gasteiger charge is 2.25. The second-order valence-electron chi connectivity index (χ2n) is 6.74. The minimum absolute atomic E-state index is 0.0439. The minimum atomic E-state index is -0.930. The summed E-state index contributed by atoms with van der Waals surface area (Å²) >= 11 is 7.55. The Balaban J connectivity index is 1.95. The number of carbonyl (C=O) groups is 3. The van der Waals surface area contributed by atoms with E-state index in [1.165, 1.54) is 29.8 Å². The molecule has 2 rings (SSSR count). The van der Waals surface area contributed by atoms with Gasteiger partial charge in [0.05, 0.1) is 10.6 Å². The Labute approximate surface area is 190 Å². The first kappa shape index (κ1) is 24.7. The van der Waals surface area contributed by atoms with E-state index in [0.717, 1.165) is 0 Å². The molecule has 0 fully saturated rings. The molecule has 0 aromatic heterocycles. The minimum Gasteiger partial charge on any atom is -0.454 e. The molecule has 0 radical (unpaired) electrons. The summed E-state index contributed by atoms with van der Waals surface area (Å²) in [5.41, 5.74) is 0.598. The van der Waals surface area contributed by atoms with E-state index in [4.69, 9.17) is 16.3 Å². The standard InChI is InChI=1S/C22H24ClFN2O4S/c1-26(13-15-7-3-6-10-18(15)24)20(27)14-30-22(29)19(11-12-31-2)25-21(28)16-8-4-5-9-17(16)23/h3-10,19H,11-14H2,1-2H3,(H,25,28). The number of nitrogens with zero attached hydrogens (tertiary/aromatic N) is 1. The molecule has 0 heterocycles. The Morgan fingerprint density at radius 2 is 1.84 bits per heavy atom. The maximum absolute atomic E-state index is 13.8. The second kappa shape index (κ2) is 12.3. The van der Waals surface area contributed by atoms with Gasteiger partial charge in [0.2, 0.25) is 0 Å². The Morgan fingerprint density at radius 1 is 1.16 bits per heavy atom. The summed E-state index contributed by atoms with van der Waals surface area (Å²) in [4.78, 5) is 38.6. The molecule has 9 heteroatoms. The van der Waals surface area contributed by atoms with Crippen LogP contribution >= 0.6 is 23.4 Å². The fourth-order valence-corrected chi connectivity index (χ4v) is 3.37. The number of carbonyl (C=O) groups excluding carboxylic acids is 3. The lowest BCUT2D eigenvalue weighted by atomic mass is 10.1. The summed E-state index contributed by atoms with van der Waals surface area (Å²) in [6.45, 7) is -0.469. The molecule has 0 aliphatic rings. The van der Waals surface area contributed by atoms with Crippen molar-refractivity contribution in [2.45, 2.75) is 19.0 Å². The third-order valence-corrected chi connectivity index (χ3v) is 5.42. The van der Waals surface area contributed by atoms with Crippen molar-refractivity contribution in [3.05, 3.63) is 70.5 Å². The van der Waals surface area contributed by atoms with E-state index in [2.05, 4.69) is 5.32 Å². The molecule has 0 saturated carbocycles. The van der Waals surface area contributed by atoms with Crippen LogP contribution in [0.2, 0.25) is 5.02 Å². The number of halogens is 2. The smallest absolute Gasteiger partial charge is 0.329 e. The van der Waals surface area contributed by atoms with Gasteiger partial charge in [-0.25, -0.2) is 9.18 Å². The quantitative estimate of drug-likeness (QED) is 0.542. The molecule has 6 nitrogen and oxygen atoms in total. The predicted octanol–water partition coefficient (Wildman–Crippen LogP) is 3.53. The first-order valence-electron chi connectivity index (χ1n) is 9.51. The van der Waals surface area contributed by atoms with Crippen molar-refractivity contribution in [3.63, 3.8) is 0 Å². The summed E-state index contributed by atoms with van der Waals surface area (Å²) in [7, 11) is 1.49. The van der Waals surface area contributed by atoms with Crippen LogP contribution in [0.4, 0.5) is 4.39 Å². The molecule has 2 aromatic rings. The average molecular weight is 467 g/mol. The Kier molecular flexibility index (Phi) is 9.81. The van der Waals surface area contributed by atoms with Crippen LogP contribution < -0.4 is 5.32 Å². The number of hydrogen-bond donors (Lipinski definition) is 1. The Bertz CT molecular complexity index is 928. The van der Waals surface area contributed by atoms with Gasteiger partial charge >= 0.3 is 5.97 Å². The molecule has 0 aliphatic carbocycles. The van der Waals surface area contributed by atoms with Crippen LogP contribution in [0, 0.1) is 5.82 Å². The molecule has 0 saturated heterocycles. The van der Waals surface area contributed by atoms with Gasteiger partial charge < -0.3 is 15.0 Å². The van der Waals surface area contributed by atoms with Gasteiger partial charge in [0, 0.05) is 19.2 Å². The maximum Gasteiger partial charge on any atom is 0.329 e. The number of likely N-dealkylation sites (N-methyl/N-ethyl adjacent to an activating group) is 1. The molecule has 1 unspecified atom stereocenters. The lowest BCUT2D eigenvalue weighted by Crippen LogP contribution is -2.43. The summed E-state index contributed by atoms with van der Waals surface area (Å²) in [6.07, 6.45) is 2.20. The number of amides is 2. The van der Waals surface area contributed by atoms with Gasteiger partial charge in [0.1, 0.15) is 11.9 Å². The summed E-state index contributed by atoms with van der Waals surface area (Å²) in [5.74, 6) is -1.53. The second-order valence-corrected chi connectivity index (χ2v) is 8.13. The zero-order valence-electron chi connectivity index (χ0n) is 17.3. The number of thioether (sulfide) groups is 1. The van der Waals surface area contributed by atoms with Crippen LogP contribution in [0.15, 0.2) is 48.5 Å². The molecule has 2 amide bonds. The zero-order valence-corrected chi connectivity index (χ0v) is 18.8. The molecule has 0 bridgehead atoms. The van der Waals surface area contributed by atoms with E-state index < -0.39 is 36.2 Å². The lowest BCUT2D eigenvalue weighted by molar-refractivity contribution is -0.153. The molecule has 31 heavy (non-hydrogen) atoms. The van der Waals surface area contributed by atoms with Crippen molar-refractivity contribution in [1.82, 2.24) is 10.2 Å². The van der Waals surface area contributed by atoms with Crippen LogP contribution in [0.5, 0.6) is 0 Å². The van der Waals surface area contributed by atoms with Gasteiger partial charge in [-0.2, -0.15) is 11.8 Å². The highest BCUT2D eigenvalue weighted by molar-refractivity contribution is 7.98. The third kappa shape index (κ3) is 7.56. The van der Waals surface area contributed by atoms with Crippen LogP contribution in [-0.4, -0.2) is 54.4 Å². The van der Waals surface area contributed by atoms with E-state index in [-0.39, 0.29) is 17.1 Å². The van der Waals surface area contributed by atoms with Gasteiger partial charge in [-0.1, -0.05) is 41.9 Å². The average Bonchev–Trinajstić information content (AvgIpc) is 2.76. The van der Waals surface area contributed by atoms with Gasteiger partial charge in [0.25, 0.3) is 11.8 Å². The van der Waals surface area contributed by atoms with Crippen molar-refractivity contribution >= 4 is 41.1 Å². The zero-order chi connectivity index (χ0) is 22.8. The van der Waals surface area contributed by atoms with E-state index in [0.29, 0.717) is 17.7 Å². The monoisotopic (exact) mass is 466 g/mol. The van der Waals surface area contributed by atoms with E-state index in [1.54, 1.807) is 42.5 Å². The predicted molar refractivity (Wildman–Crippen MR) is 120 cm³/mol. The summed E-state index contributed by atoms with van der Waals surface area (Å²) < 4.78 is 18.9. The highest BCUT2D eigenvalue weighted by atomic mass is 35.5. The number of hydrogen-bond acceptors (Lipinski definition) is 5. The van der Waals surface area contributed by atoms with Crippen molar-refractivity contribution in [2.75, 3.05) is 25.7 Å². The topological polar surface area (TPSA) is 75.7 Å². The van der Waals surface area contributed by atoms with Crippen LogP contribution in [-0.2, 0) is 20.9 Å². The largest absolute Gasteiger partial charge is 0.454 e. The third-order valence-electron chi connectivity index (χ3n) is 4.45. The number of benzene rings is 2. The molecular weight excluding hydrogens is 443 g/mol. The van der Waals surface area contributed by atoms with Crippen molar-refractivity contribution in [1.29, 1.82) is 0 Å². The van der Waals surface area contributed by atoms with E-state index in [1.807, 2.05) is 6.26 Å². The van der Waals surface area contributed by atoms with Gasteiger partial charge in [-0.15, -0.1) is 0 Å². The number of rotatable bonds is 10. The first-order chi connectivity index (χ1) is 14.8. The number of ether oxygens (including phenoxy) is 1. The van der Waals surface area contributed by atoms with Crippen molar-refractivity contribution < 1.29 is 23.5 Å². The SMILES string of the molecule is CSCCC(NC(=O)c1ccccc1Cl)C(=O)OCC(=O)N(C)Cc1ccccc1F. The summed E-state index contributed by atoms with van der Waals surface area (Å²) in [5, 5.41) is 2.89. The Hall–Kier alpha value is -2.58. The number of esters is 1. The molecule has 2 aromatic carbocycles. The summed E-state index contributed by atoms with van der Waals surface area (Å²) in [6, 6.07) is 11.7. The van der Waals surface area contributed by atoms with Crippen LogP contribution in [0.25, 0.3) is 0 Å². The van der Waals surface area contributed by atoms with Crippen LogP contribution in [0.1, 0.15) is 22.3 Å². The molecular formula is C22H24ClFN2O4S. The molecule has 1 N–H and O–H groups in total. The Morgan fingerprint density at radius 3 is 2.52 bits per heavy atom. The van der Waals surface area contributed by atoms with Crippen molar-refractivity contribution in [2.24, 2.45) is 0 Å². The molecule has 1 atom stereocenters. The maximum atomic E-state index is 13.8. The molecule has 166 valence electrons. The lowest BCUT2D eigenvalue weighted by Gasteiger charge is -2.20. The number of nitrogens with one attached hydrogen (secondary N) is 1. The van der Waals surface area contributed by atoms with E-state index in [9.17, 15) is 18.8 Å².